The van der Waals surface area contributed by atoms with Crippen molar-refractivity contribution in [1.29, 1.82) is 0 Å². The molecule has 0 atom stereocenters. The highest BCUT2D eigenvalue weighted by molar-refractivity contribution is 5.97. The van der Waals surface area contributed by atoms with Gasteiger partial charge in [0.05, 0.1) is 18.2 Å². The summed E-state index contributed by atoms with van der Waals surface area (Å²) in [7, 11) is 1.39. The van der Waals surface area contributed by atoms with Gasteiger partial charge in [0, 0.05) is 35.8 Å². The van der Waals surface area contributed by atoms with Crippen molar-refractivity contribution in [2.75, 3.05) is 7.11 Å². The van der Waals surface area contributed by atoms with Crippen LogP contribution in [-0.2, 0) is 11.3 Å². The van der Waals surface area contributed by atoms with E-state index in [0.717, 1.165) is 51.3 Å². The Balaban J connectivity index is 1.36. The smallest absolute Gasteiger partial charge is 0.337 e. The third kappa shape index (κ3) is 3.59. The van der Waals surface area contributed by atoms with Crippen LogP contribution in [0.2, 0.25) is 0 Å². The lowest BCUT2D eigenvalue weighted by Crippen LogP contribution is -2.10. The highest BCUT2D eigenvalue weighted by atomic mass is 16.5. The van der Waals surface area contributed by atoms with Gasteiger partial charge >= 0.3 is 5.97 Å². The molecule has 3 aromatic carbocycles. The van der Waals surface area contributed by atoms with Gasteiger partial charge in [0.25, 0.3) is 0 Å². The van der Waals surface area contributed by atoms with Crippen LogP contribution in [0, 0.1) is 5.92 Å². The largest absolute Gasteiger partial charge is 0.465 e. The molecule has 5 aromatic rings. The second kappa shape index (κ2) is 8.03. The van der Waals surface area contributed by atoms with E-state index in [1.165, 1.54) is 7.11 Å². The molecule has 2 heterocycles. The SMILES string of the molecule is COC(=O)c1cccc(Cn2ccc3ccc(-c4ccc5ccn(C(=O)C6CC6)c5c4)cc32)c1. The number of carbonyl (C=O) groups excluding carboxylic acids is 2. The van der Waals surface area contributed by atoms with Gasteiger partial charge in [-0.15, -0.1) is 0 Å². The Kier molecular flexibility index (Phi) is 4.84. The zero-order valence-corrected chi connectivity index (χ0v) is 18.9. The zero-order valence-electron chi connectivity index (χ0n) is 18.9. The standard InChI is InChI=1S/C29H24N2O3/c1-34-29(33)25-4-2-3-19(15-25)18-30-13-11-20-5-9-23(16-26(20)30)24-10-6-21-12-14-31(27(21)17-24)28(32)22-7-8-22/h2-6,9-17,22H,7-8,18H2,1H3. The third-order valence-electron chi connectivity index (χ3n) is 6.67. The van der Waals surface area contributed by atoms with Crippen LogP contribution in [0.1, 0.15) is 33.6 Å². The molecule has 0 amide bonds. The van der Waals surface area contributed by atoms with Crippen LogP contribution in [0.15, 0.2) is 85.2 Å². The average Bonchev–Trinajstić information content (AvgIpc) is 3.53. The number of nitrogens with zero attached hydrogens (tertiary/aromatic N) is 2. The van der Waals surface area contributed by atoms with Gasteiger partial charge < -0.3 is 9.30 Å². The summed E-state index contributed by atoms with van der Waals surface area (Å²) in [6.07, 6.45) is 5.95. The highest BCUT2D eigenvalue weighted by Gasteiger charge is 2.31. The average molecular weight is 449 g/mol. The number of ether oxygens (including phenoxy) is 1. The van der Waals surface area contributed by atoms with Gasteiger partial charge in [-0.25, -0.2) is 4.79 Å². The Morgan fingerprint density at radius 2 is 1.56 bits per heavy atom. The van der Waals surface area contributed by atoms with E-state index in [2.05, 4.69) is 53.2 Å². The van der Waals surface area contributed by atoms with Crippen LogP contribution in [0.5, 0.6) is 0 Å². The number of benzene rings is 3. The van der Waals surface area contributed by atoms with E-state index >= 15 is 0 Å². The first-order chi connectivity index (χ1) is 16.6. The van der Waals surface area contributed by atoms with E-state index in [1.54, 1.807) is 6.07 Å². The summed E-state index contributed by atoms with van der Waals surface area (Å²) in [5, 5.41) is 2.23. The summed E-state index contributed by atoms with van der Waals surface area (Å²) >= 11 is 0. The molecule has 5 nitrogen and oxygen atoms in total. The summed E-state index contributed by atoms with van der Waals surface area (Å²) in [4.78, 5) is 24.6. The number of hydrogen-bond acceptors (Lipinski definition) is 3. The first-order valence-electron chi connectivity index (χ1n) is 11.5. The van der Waals surface area contributed by atoms with Crippen LogP contribution in [0.4, 0.5) is 0 Å². The maximum Gasteiger partial charge on any atom is 0.337 e. The van der Waals surface area contributed by atoms with Crippen molar-refractivity contribution < 1.29 is 14.3 Å². The van der Waals surface area contributed by atoms with Gasteiger partial charge in [0.1, 0.15) is 0 Å². The maximum absolute atomic E-state index is 12.7. The van der Waals surface area contributed by atoms with Crippen LogP contribution in [0.3, 0.4) is 0 Å². The predicted octanol–water partition coefficient (Wildman–Crippen LogP) is 6.15. The second-order valence-corrected chi connectivity index (χ2v) is 8.98. The Morgan fingerprint density at radius 3 is 2.29 bits per heavy atom. The molecule has 2 aromatic heterocycles. The highest BCUT2D eigenvalue weighted by Crippen LogP contribution is 2.33. The Morgan fingerprint density at radius 1 is 0.853 bits per heavy atom. The topological polar surface area (TPSA) is 53.2 Å². The molecular formula is C29H24N2O3. The minimum Gasteiger partial charge on any atom is -0.465 e. The van der Waals surface area contributed by atoms with E-state index in [1.807, 2.05) is 35.0 Å². The summed E-state index contributed by atoms with van der Waals surface area (Å²) in [6.45, 7) is 0.648. The summed E-state index contributed by atoms with van der Waals surface area (Å²) in [5.74, 6) is 0.0454. The zero-order chi connectivity index (χ0) is 23.2. The lowest BCUT2D eigenvalue weighted by atomic mass is 10.0. The molecule has 0 saturated heterocycles. The van der Waals surface area contributed by atoms with Gasteiger partial charge in [-0.05, 0) is 71.3 Å². The maximum atomic E-state index is 12.7. The quantitative estimate of drug-likeness (QED) is 0.303. The molecule has 1 saturated carbocycles. The molecule has 0 bridgehead atoms. The van der Waals surface area contributed by atoms with Gasteiger partial charge in [-0.1, -0.05) is 36.4 Å². The molecule has 1 aliphatic rings. The number of hydrogen-bond donors (Lipinski definition) is 0. The van der Waals surface area contributed by atoms with Crippen LogP contribution >= 0.6 is 0 Å². The molecule has 168 valence electrons. The molecule has 0 radical (unpaired) electrons. The minimum absolute atomic E-state index is 0.177. The van der Waals surface area contributed by atoms with Gasteiger partial charge in [-0.3, -0.25) is 9.36 Å². The van der Waals surface area contributed by atoms with E-state index in [4.69, 9.17) is 4.74 Å². The Hall–Kier alpha value is -4.12. The van der Waals surface area contributed by atoms with Crippen molar-refractivity contribution in [1.82, 2.24) is 9.13 Å². The van der Waals surface area contributed by atoms with E-state index in [9.17, 15) is 9.59 Å². The lowest BCUT2D eigenvalue weighted by Gasteiger charge is -2.10. The van der Waals surface area contributed by atoms with E-state index in [0.29, 0.717) is 12.1 Å². The molecule has 34 heavy (non-hydrogen) atoms. The van der Waals surface area contributed by atoms with Crippen molar-refractivity contribution in [3.8, 4) is 11.1 Å². The van der Waals surface area contributed by atoms with Crippen molar-refractivity contribution in [2.24, 2.45) is 5.92 Å². The predicted molar refractivity (Wildman–Crippen MR) is 133 cm³/mol. The number of rotatable bonds is 5. The minimum atomic E-state index is -0.332. The third-order valence-corrected chi connectivity index (χ3v) is 6.67. The number of fused-ring (bicyclic) bond motifs is 2. The molecule has 0 unspecified atom stereocenters. The van der Waals surface area contributed by atoms with Crippen LogP contribution in [0.25, 0.3) is 32.9 Å². The summed E-state index contributed by atoms with van der Waals surface area (Å²) in [6, 6.07) is 24.4. The van der Waals surface area contributed by atoms with E-state index in [-0.39, 0.29) is 17.8 Å². The molecule has 0 N–H and O–H groups in total. The molecule has 5 heteroatoms. The van der Waals surface area contributed by atoms with Crippen LogP contribution < -0.4 is 0 Å². The first-order valence-corrected chi connectivity index (χ1v) is 11.5. The fraction of sp³-hybridized carbons (Fsp3) is 0.172. The van der Waals surface area contributed by atoms with Crippen LogP contribution in [-0.4, -0.2) is 28.1 Å². The molecule has 1 aliphatic carbocycles. The van der Waals surface area contributed by atoms with E-state index < -0.39 is 0 Å². The number of aromatic nitrogens is 2. The number of esters is 1. The summed E-state index contributed by atoms with van der Waals surface area (Å²) in [5.41, 5.74) is 5.84. The molecule has 0 spiro atoms. The molecule has 6 rings (SSSR count). The molecular weight excluding hydrogens is 424 g/mol. The van der Waals surface area contributed by atoms with Crippen molar-refractivity contribution in [3.05, 3.63) is 96.3 Å². The number of methoxy groups -OCH3 is 1. The normalized spacial score (nSPS) is 13.4. The van der Waals surface area contributed by atoms with Gasteiger partial charge in [-0.2, -0.15) is 0 Å². The van der Waals surface area contributed by atoms with Crippen molar-refractivity contribution >= 4 is 33.7 Å². The second-order valence-electron chi connectivity index (χ2n) is 8.98. The number of carbonyl (C=O) groups is 2. The monoisotopic (exact) mass is 448 g/mol. The van der Waals surface area contributed by atoms with Crippen molar-refractivity contribution in [2.45, 2.75) is 19.4 Å². The molecule has 1 fully saturated rings. The van der Waals surface area contributed by atoms with Gasteiger partial charge in [0.2, 0.25) is 5.91 Å². The lowest BCUT2D eigenvalue weighted by molar-refractivity contribution is 0.0600. The van der Waals surface area contributed by atoms with Crippen molar-refractivity contribution in [3.63, 3.8) is 0 Å². The Labute approximate surface area is 197 Å². The first kappa shape index (κ1) is 20.5. The van der Waals surface area contributed by atoms with Gasteiger partial charge in [0.15, 0.2) is 0 Å². The fourth-order valence-electron chi connectivity index (χ4n) is 4.64. The molecule has 0 aliphatic heterocycles. The summed E-state index contributed by atoms with van der Waals surface area (Å²) < 4.78 is 8.86. The fourth-order valence-corrected chi connectivity index (χ4v) is 4.64. The Bertz CT molecular complexity index is 1570.